The number of carbonyl (C=O) groups excluding carboxylic acids is 1. The van der Waals surface area contributed by atoms with Crippen LogP contribution in [0, 0.1) is 3.57 Å². The highest BCUT2D eigenvalue weighted by molar-refractivity contribution is 14.1. The lowest BCUT2D eigenvalue weighted by Crippen LogP contribution is -2.07. The molecule has 0 saturated heterocycles. The van der Waals surface area contributed by atoms with Gasteiger partial charge in [-0.3, -0.25) is 4.79 Å². The van der Waals surface area contributed by atoms with E-state index in [1.807, 2.05) is 0 Å². The predicted octanol–water partition coefficient (Wildman–Crippen LogP) is 2.41. The van der Waals surface area contributed by atoms with Crippen molar-refractivity contribution < 1.29 is 4.79 Å². The van der Waals surface area contributed by atoms with E-state index in [0.717, 1.165) is 13.9 Å². The molecule has 64 valence electrons. The van der Waals surface area contributed by atoms with Gasteiger partial charge in [0.15, 0.2) is 0 Å². The Kier molecular flexibility index (Phi) is 3.45. The largest absolute Gasteiger partial charge is 0.325 e. The number of halogens is 2. The van der Waals surface area contributed by atoms with Gasteiger partial charge in [0.25, 0.3) is 0 Å². The molecule has 1 amide bonds. The molecule has 0 aliphatic carbocycles. The van der Waals surface area contributed by atoms with Crippen molar-refractivity contribution in [1.82, 2.24) is 4.98 Å². The first-order chi connectivity index (χ1) is 5.61. The van der Waals surface area contributed by atoms with Gasteiger partial charge < -0.3 is 5.32 Å². The quantitative estimate of drug-likeness (QED) is 0.630. The zero-order valence-electron chi connectivity index (χ0n) is 6.27. The van der Waals surface area contributed by atoms with Crippen molar-refractivity contribution >= 4 is 50.1 Å². The molecule has 0 aliphatic heterocycles. The Bertz CT molecular complexity index is 316. The SMILES string of the molecule is CC(=O)Nc1ccnc(Br)c1I. The minimum atomic E-state index is -0.0778. The number of nitrogens with one attached hydrogen (secondary N) is 1. The summed E-state index contributed by atoms with van der Waals surface area (Å²) in [6.07, 6.45) is 1.64. The maximum atomic E-state index is 10.7. The molecule has 0 aliphatic rings. The molecule has 1 N–H and O–H groups in total. The Morgan fingerprint density at radius 3 is 3.00 bits per heavy atom. The first-order valence-corrected chi connectivity index (χ1v) is 5.06. The molecular formula is C7H6BrIN2O. The molecule has 0 atom stereocenters. The second-order valence-corrected chi connectivity index (χ2v) is 3.97. The van der Waals surface area contributed by atoms with E-state index >= 15 is 0 Å². The first kappa shape index (κ1) is 9.91. The molecule has 12 heavy (non-hydrogen) atoms. The molecule has 1 rings (SSSR count). The molecule has 1 aromatic heterocycles. The zero-order valence-corrected chi connectivity index (χ0v) is 10.0. The van der Waals surface area contributed by atoms with Gasteiger partial charge in [-0.15, -0.1) is 0 Å². The van der Waals surface area contributed by atoms with Gasteiger partial charge in [0.05, 0.1) is 9.26 Å². The summed E-state index contributed by atoms with van der Waals surface area (Å²) in [7, 11) is 0. The molecule has 1 heterocycles. The topological polar surface area (TPSA) is 42.0 Å². The highest BCUT2D eigenvalue weighted by Crippen LogP contribution is 2.23. The van der Waals surface area contributed by atoms with Crippen LogP contribution in [0.15, 0.2) is 16.9 Å². The van der Waals surface area contributed by atoms with E-state index < -0.39 is 0 Å². The Balaban J connectivity index is 3.00. The molecule has 0 fully saturated rings. The van der Waals surface area contributed by atoms with Crippen molar-refractivity contribution in [2.75, 3.05) is 5.32 Å². The number of amides is 1. The van der Waals surface area contributed by atoms with Gasteiger partial charge in [0.1, 0.15) is 4.60 Å². The average Bonchev–Trinajstić information content (AvgIpc) is 1.98. The molecule has 0 saturated carbocycles. The number of pyridine rings is 1. The fourth-order valence-corrected chi connectivity index (χ4v) is 1.49. The van der Waals surface area contributed by atoms with Gasteiger partial charge in [-0.1, -0.05) is 0 Å². The molecule has 0 unspecified atom stereocenters. The summed E-state index contributed by atoms with van der Waals surface area (Å²) >= 11 is 5.38. The van der Waals surface area contributed by atoms with Crippen molar-refractivity contribution in [1.29, 1.82) is 0 Å². The lowest BCUT2D eigenvalue weighted by atomic mass is 10.4. The predicted molar refractivity (Wildman–Crippen MR) is 59.0 cm³/mol. The average molecular weight is 341 g/mol. The Hall–Kier alpha value is -0.170. The van der Waals surface area contributed by atoms with Crippen LogP contribution in [0.25, 0.3) is 0 Å². The fourth-order valence-electron chi connectivity index (χ4n) is 0.704. The van der Waals surface area contributed by atoms with Crippen LogP contribution >= 0.6 is 38.5 Å². The van der Waals surface area contributed by atoms with E-state index in [1.165, 1.54) is 6.92 Å². The summed E-state index contributed by atoms with van der Waals surface area (Å²) in [5.41, 5.74) is 0.782. The minimum absolute atomic E-state index is 0.0778. The Morgan fingerprint density at radius 2 is 2.42 bits per heavy atom. The zero-order chi connectivity index (χ0) is 9.14. The summed E-state index contributed by atoms with van der Waals surface area (Å²) in [4.78, 5) is 14.7. The van der Waals surface area contributed by atoms with Crippen LogP contribution in [0.2, 0.25) is 0 Å². The van der Waals surface area contributed by atoms with Crippen LogP contribution < -0.4 is 5.32 Å². The van der Waals surface area contributed by atoms with Gasteiger partial charge in [-0.2, -0.15) is 0 Å². The lowest BCUT2D eigenvalue weighted by Gasteiger charge is -2.04. The van der Waals surface area contributed by atoms with Gasteiger partial charge in [-0.05, 0) is 44.6 Å². The number of nitrogens with zero attached hydrogens (tertiary/aromatic N) is 1. The van der Waals surface area contributed by atoms with Gasteiger partial charge in [0.2, 0.25) is 5.91 Å². The summed E-state index contributed by atoms with van der Waals surface area (Å²) in [6.45, 7) is 1.48. The molecule has 3 nitrogen and oxygen atoms in total. The van der Waals surface area contributed by atoms with E-state index in [-0.39, 0.29) is 5.91 Å². The van der Waals surface area contributed by atoms with Crippen LogP contribution in [0.1, 0.15) is 6.92 Å². The molecule has 0 radical (unpaired) electrons. The van der Waals surface area contributed by atoms with Crippen molar-refractivity contribution in [2.24, 2.45) is 0 Å². The van der Waals surface area contributed by atoms with Crippen molar-refractivity contribution in [3.05, 3.63) is 20.4 Å². The van der Waals surface area contributed by atoms with E-state index in [0.29, 0.717) is 0 Å². The van der Waals surface area contributed by atoms with Crippen LogP contribution in [0.5, 0.6) is 0 Å². The van der Waals surface area contributed by atoms with Crippen LogP contribution in [0.3, 0.4) is 0 Å². The van der Waals surface area contributed by atoms with Crippen molar-refractivity contribution in [3.8, 4) is 0 Å². The number of hydrogen-bond donors (Lipinski definition) is 1. The third-order valence-electron chi connectivity index (χ3n) is 1.16. The minimum Gasteiger partial charge on any atom is -0.325 e. The number of carbonyl (C=O) groups is 1. The normalized spacial score (nSPS) is 9.58. The molecule has 5 heteroatoms. The molecular weight excluding hydrogens is 335 g/mol. The molecule has 0 bridgehead atoms. The number of anilines is 1. The fraction of sp³-hybridized carbons (Fsp3) is 0.143. The lowest BCUT2D eigenvalue weighted by molar-refractivity contribution is -0.114. The van der Waals surface area contributed by atoms with E-state index in [4.69, 9.17) is 0 Å². The maximum absolute atomic E-state index is 10.7. The Labute approximate surface area is 92.2 Å². The van der Waals surface area contributed by atoms with E-state index in [1.54, 1.807) is 12.3 Å². The first-order valence-electron chi connectivity index (χ1n) is 3.19. The highest BCUT2D eigenvalue weighted by atomic mass is 127. The van der Waals surface area contributed by atoms with Crippen molar-refractivity contribution in [2.45, 2.75) is 6.92 Å². The van der Waals surface area contributed by atoms with Gasteiger partial charge in [-0.25, -0.2) is 4.98 Å². The van der Waals surface area contributed by atoms with Gasteiger partial charge in [0, 0.05) is 13.1 Å². The number of aromatic nitrogens is 1. The second-order valence-electron chi connectivity index (χ2n) is 2.14. The van der Waals surface area contributed by atoms with E-state index in [9.17, 15) is 4.79 Å². The van der Waals surface area contributed by atoms with Crippen LogP contribution in [0.4, 0.5) is 5.69 Å². The summed E-state index contributed by atoms with van der Waals surface area (Å²) < 4.78 is 1.65. The molecule has 0 spiro atoms. The molecule has 0 aromatic carbocycles. The van der Waals surface area contributed by atoms with Crippen molar-refractivity contribution in [3.63, 3.8) is 0 Å². The summed E-state index contributed by atoms with van der Waals surface area (Å²) in [6, 6.07) is 1.76. The molecule has 1 aromatic rings. The highest BCUT2D eigenvalue weighted by Gasteiger charge is 2.04. The van der Waals surface area contributed by atoms with E-state index in [2.05, 4.69) is 48.8 Å². The standard InChI is InChI=1S/C7H6BrIN2O/c1-4(12)11-5-2-3-10-7(8)6(5)9/h2-3H,1H3,(H,10,11,12). The third kappa shape index (κ3) is 2.41. The van der Waals surface area contributed by atoms with Crippen LogP contribution in [-0.2, 0) is 4.79 Å². The summed E-state index contributed by atoms with van der Waals surface area (Å²) in [5.74, 6) is -0.0778. The number of rotatable bonds is 1. The Morgan fingerprint density at radius 1 is 1.75 bits per heavy atom. The number of hydrogen-bond acceptors (Lipinski definition) is 2. The second kappa shape index (κ2) is 4.18. The van der Waals surface area contributed by atoms with Gasteiger partial charge >= 0.3 is 0 Å². The third-order valence-corrected chi connectivity index (χ3v) is 3.59. The monoisotopic (exact) mass is 340 g/mol. The van der Waals surface area contributed by atoms with Crippen LogP contribution in [-0.4, -0.2) is 10.9 Å². The smallest absolute Gasteiger partial charge is 0.221 e. The summed E-state index contributed by atoms with van der Waals surface area (Å²) in [5, 5.41) is 2.70. The maximum Gasteiger partial charge on any atom is 0.221 e.